The van der Waals surface area contributed by atoms with Crippen molar-refractivity contribution < 1.29 is 80.2 Å². The van der Waals surface area contributed by atoms with Gasteiger partial charge in [0.15, 0.2) is 12.2 Å². The van der Waals surface area contributed by atoms with Crippen molar-refractivity contribution in [2.75, 3.05) is 39.6 Å². The number of aliphatic hydroxyl groups excluding tert-OH is 1. The predicted molar refractivity (Wildman–Crippen MR) is 377 cm³/mol. The van der Waals surface area contributed by atoms with Crippen LogP contribution >= 0.6 is 15.6 Å². The van der Waals surface area contributed by atoms with Gasteiger partial charge in [-0.25, -0.2) is 9.13 Å². The van der Waals surface area contributed by atoms with Crippen LogP contribution in [0.25, 0.3) is 0 Å². The monoisotopic (exact) mass is 1360 g/mol. The number of hydrogen-bond donors (Lipinski definition) is 3. The van der Waals surface area contributed by atoms with E-state index in [-0.39, 0.29) is 25.7 Å². The lowest BCUT2D eigenvalue weighted by Gasteiger charge is -2.21. The van der Waals surface area contributed by atoms with Gasteiger partial charge in [-0.3, -0.25) is 37.3 Å². The Morgan fingerprint density at radius 3 is 0.882 bits per heavy atom. The molecule has 0 aliphatic heterocycles. The Kier molecular flexibility index (Phi) is 64.1. The summed E-state index contributed by atoms with van der Waals surface area (Å²) in [5.74, 6) is -1.43. The molecule has 0 amide bonds. The molecule has 2 unspecified atom stereocenters. The van der Waals surface area contributed by atoms with E-state index in [0.717, 1.165) is 128 Å². The van der Waals surface area contributed by atoms with Crippen LogP contribution in [0, 0.1) is 5.92 Å². The molecule has 0 aromatic heterocycles. The van der Waals surface area contributed by atoms with E-state index in [0.29, 0.717) is 25.7 Å². The molecule has 0 spiro atoms. The van der Waals surface area contributed by atoms with Crippen LogP contribution in [0.2, 0.25) is 0 Å². The first-order valence-electron chi connectivity index (χ1n) is 37.3. The molecule has 0 rings (SSSR count). The molecule has 0 fully saturated rings. The number of phosphoric ester groups is 2. The molecule has 0 aromatic rings. The zero-order valence-corrected chi connectivity index (χ0v) is 61.1. The third-order valence-electron chi connectivity index (χ3n) is 16.0. The lowest BCUT2D eigenvalue weighted by atomic mass is 10.0. The van der Waals surface area contributed by atoms with Crippen LogP contribution in [-0.2, 0) is 65.4 Å². The minimum Gasteiger partial charge on any atom is -0.462 e. The van der Waals surface area contributed by atoms with Crippen molar-refractivity contribution in [3.63, 3.8) is 0 Å². The minimum atomic E-state index is -4.97. The Morgan fingerprint density at radius 1 is 0.333 bits per heavy atom. The van der Waals surface area contributed by atoms with E-state index >= 15 is 0 Å². The first kappa shape index (κ1) is 90.0. The molecule has 0 saturated carbocycles. The number of aliphatic hydroxyl groups is 1. The molecule has 0 bridgehead atoms. The van der Waals surface area contributed by atoms with Gasteiger partial charge in [0.25, 0.3) is 0 Å². The average Bonchev–Trinajstić information content (AvgIpc) is 1.64. The Morgan fingerprint density at radius 2 is 0.581 bits per heavy atom. The zero-order chi connectivity index (χ0) is 68.4. The standard InChI is InChI=1S/C74H136O17P2/c1-6-9-12-15-18-21-24-26-28-30-32-38-43-48-53-58-72(77)85-64-70(90-73(78)59-54-49-44-39-33-31-29-27-25-22-19-16-13-10-7-2)66-89-93(82,83)87-62-68(75)61-86-92(80,81)88-65-69(63-84-71(76)57-52-47-42-37-23-20-17-14-11-8-3)91-74(79)60-55-50-45-40-35-34-36-41-46-51-56-67(4)5/h21-22,24-29,67-70,75H,6-20,23,30-66H2,1-5H3,(H,80,81)(H,82,83)/b24-21-,25-22-,28-26-,29-27-/t68-,69+,70+/m0/s1. The second kappa shape index (κ2) is 66.3. The van der Waals surface area contributed by atoms with Gasteiger partial charge in [0, 0.05) is 25.7 Å². The topological polar surface area (TPSA) is 237 Å². The van der Waals surface area contributed by atoms with Gasteiger partial charge in [-0.05, 0) is 83.0 Å². The average molecular weight is 1360 g/mol. The molecular weight excluding hydrogens is 1220 g/mol. The normalized spacial score (nSPS) is 14.3. The van der Waals surface area contributed by atoms with Gasteiger partial charge in [0.2, 0.25) is 0 Å². The van der Waals surface area contributed by atoms with E-state index in [1.165, 1.54) is 128 Å². The number of allylic oxidation sites excluding steroid dienone is 8. The maximum Gasteiger partial charge on any atom is 0.472 e. The highest BCUT2D eigenvalue weighted by molar-refractivity contribution is 7.47. The van der Waals surface area contributed by atoms with Crippen LogP contribution in [0.3, 0.4) is 0 Å². The molecule has 0 saturated heterocycles. The lowest BCUT2D eigenvalue weighted by molar-refractivity contribution is -0.161. The van der Waals surface area contributed by atoms with Gasteiger partial charge in [-0.1, -0.05) is 282 Å². The highest BCUT2D eigenvalue weighted by atomic mass is 31.2. The SMILES string of the molecule is CCCCCC/C=C\C=C/CCCCCCCC(=O)OC[C@H](COP(=O)(O)OC[C@@H](O)COP(=O)(O)OC[C@@H](COC(=O)CCCCCCCCCCCC)OC(=O)CCCCCCCCCCCCC(C)C)OC(=O)CCCCCCC/C=C\C=C/CCCCCC. The molecule has 93 heavy (non-hydrogen) atoms. The van der Waals surface area contributed by atoms with Gasteiger partial charge in [0.05, 0.1) is 26.4 Å². The minimum absolute atomic E-state index is 0.0782. The molecule has 0 heterocycles. The smallest absolute Gasteiger partial charge is 0.462 e. The summed E-state index contributed by atoms with van der Waals surface area (Å²) in [7, 11) is -9.93. The Hall–Kier alpha value is -2.98. The summed E-state index contributed by atoms with van der Waals surface area (Å²) < 4.78 is 68.3. The van der Waals surface area contributed by atoms with E-state index in [4.69, 9.17) is 37.0 Å². The maximum absolute atomic E-state index is 13.0. The van der Waals surface area contributed by atoms with Crippen molar-refractivity contribution in [3.05, 3.63) is 48.6 Å². The zero-order valence-electron chi connectivity index (χ0n) is 59.4. The number of ether oxygens (including phenoxy) is 4. The molecule has 544 valence electrons. The fraction of sp³-hybridized carbons (Fsp3) is 0.838. The molecule has 0 radical (unpaired) electrons. The van der Waals surface area contributed by atoms with Gasteiger partial charge in [0.1, 0.15) is 19.3 Å². The quantitative estimate of drug-likeness (QED) is 0.0169. The predicted octanol–water partition coefficient (Wildman–Crippen LogP) is 20.8. The van der Waals surface area contributed by atoms with E-state index in [9.17, 15) is 43.2 Å². The number of carbonyl (C=O) groups excluding carboxylic acids is 4. The first-order chi connectivity index (χ1) is 45.0. The van der Waals surface area contributed by atoms with Crippen LogP contribution in [0.4, 0.5) is 0 Å². The Balaban J connectivity index is 5.32. The first-order valence-corrected chi connectivity index (χ1v) is 40.3. The van der Waals surface area contributed by atoms with Crippen LogP contribution in [0.1, 0.15) is 336 Å². The number of esters is 4. The summed E-state index contributed by atoms with van der Waals surface area (Å²) >= 11 is 0. The largest absolute Gasteiger partial charge is 0.472 e. The van der Waals surface area contributed by atoms with Crippen molar-refractivity contribution in [2.24, 2.45) is 5.92 Å². The number of carbonyl (C=O) groups is 4. The number of rotatable bonds is 70. The van der Waals surface area contributed by atoms with Gasteiger partial charge in [-0.2, -0.15) is 0 Å². The van der Waals surface area contributed by atoms with Crippen LogP contribution in [0.5, 0.6) is 0 Å². The van der Waals surface area contributed by atoms with Crippen molar-refractivity contribution in [2.45, 2.75) is 355 Å². The second-order valence-electron chi connectivity index (χ2n) is 25.8. The van der Waals surface area contributed by atoms with Crippen molar-refractivity contribution in [1.29, 1.82) is 0 Å². The Labute approximate surface area is 566 Å². The van der Waals surface area contributed by atoms with E-state index in [2.05, 4.69) is 83.2 Å². The van der Waals surface area contributed by atoms with Gasteiger partial charge in [-0.15, -0.1) is 0 Å². The highest BCUT2D eigenvalue weighted by Crippen LogP contribution is 2.45. The van der Waals surface area contributed by atoms with Crippen LogP contribution in [0.15, 0.2) is 48.6 Å². The number of hydrogen-bond acceptors (Lipinski definition) is 15. The number of unbranched alkanes of at least 4 members (excludes halogenated alkanes) is 36. The summed E-state index contributed by atoms with van der Waals surface area (Å²) in [6.07, 6.45) is 59.8. The fourth-order valence-electron chi connectivity index (χ4n) is 10.3. The number of phosphoric acid groups is 2. The van der Waals surface area contributed by atoms with E-state index in [1.54, 1.807) is 0 Å². The maximum atomic E-state index is 13.0. The molecule has 3 N–H and O–H groups in total. The molecule has 19 heteroatoms. The third kappa shape index (κ3) is 67.4. The van der Waals surface area contributed by atoms with Crippen molar-refractivity contribution >= 4 is 39.5 Å². The van der Waals surface area contributed by atoms with Crippen LogP contribution in [-0.4, -0.2) is 96.7 Å². The van der Waals surface area contributed by atoms with Gasteiger partial charge < -0.3 is 33.8 Å². The van der Waals surface area contributed by atoms with Crippen LogP contribution < -0.4 is 0 Å². The summed E-state index contributed by atoms with van der Waals surface area (Å²) in [5.41, 5.74) is 0. The third-order valence-corrected chi connectivity index (χ3v) is 17.9. The summed E-state index contributed by atoms with van der Waals surface area (Å²) in [5, 5.41) is 10.6. The molecular formula is C74H136O17P2. The molecule has 0 aromatic carbocycles. The molecule has 0 aliphatic rings. The molecule has 5 atom stereocenters. The Bertz CT molecular complexity index is 1980. The summed E-state index contributed by atoms with van der Waals surface area (Å²) in [4.78, 5) is 72.6. The van der Waals surface area contributed by atoms with Gasteiger partial charge >= 0.3 is 39.5 Å². The van der Waals surface area contributed by atoms with Crippen molar-refractivity contribution in [3.8, 4) is 0 Å². The van der Waals surface area contributed by atoms with E-state index in [1.807, 2.05) is 0 Å². The fourth-order valence-corrected chi connectivity index (χ4v) is 11.8. The van der Waals surface area contributed by atoms with Crippen molar-refractivity contribution in [1.82, 2.24) is 0 Å². The lowest BCUT2D eigenvalue weighted by Crippen LogP contribution is -2.30. The summed E-state index contributed by atoms with van der Waals surface area (Å²) in [6, 6.07) is 0. The summed E-state index contributed by atoms with van der Waals surface area (Å²) in [6.45, 7) is 7.12. The van der Waals surface area contributed by atoms with E-state index < -0.39 is 97.5 Å². The second-order valence-corrected chi connectivity index (χ2v) is 28.7. The highest BCUT2D eigenvalue weighted by Gasteiger charge is 2.30. The molecule has 17 nitrogen and oxygen atoms in total. The molecule has 0 aliphatic carbocycles.